The normalized spacial score (nSPS) is 20.6. The molecule has 0 aromatic heterocycles. The number of sulfone groups is 2. The maximum Gasteiger partial charge on any atom is 0.336 e. The van der Waals surface area contributed by atoms with Crippen LogP contribution in [0.1, 0.15) is 45.1 Å². The van der Waals surface area contributed by atoms with Gasteiger partial charge in [-0.2, -0.15) is 0 Å². The number of halogens is 2. The Kier molecular flexibility index (Phi) is 9.07. The van der Waals surface area contributed by atoms with Crippen molar-refractivity contribution in [2.24, 2.45) is 5.92 Å². The van der Waals surface area contributed by atoms with Crippen molar-refractivity contribution in [3.05, 3.63) is 56.5 Å². The van der Waals surface area contributed by atoms with E-state index in [1.807, 2.05) is 13.8 Å². The van der Waals surface area contributed by atoms with Crippen molar-refractivity contribution >= 4 is 43.2 Å². The first-order chi connectivity index (χ1) is 17.3. The van der Waals surface area contributed by atoms with E-state index in [0.29, 0.717) is 12.8 Å². The Labute approximate surface area is 220 Å². The van der Waals surface area contributed by atoms with Gasteiger partial charge in [0.1, 0.15) is 19.0 Å². The molecule has 1 aromatic rings. The zero-order valence-electron chi connectivity index (χ0n) is 20.7. The molecule has 204 valence electrons. The molecular formula is C24H29ClFNO8S2. The van der Waals surface area contributed by atoms with Crippen molar-refractivity contribution in [1.29, 1.82) is 0 Å². The van der Waals surface area contributed by atoms with Crippen LogP contribution in [0.25, 0.3) is 0 Å². The molecule has 1 aromatic carbocycles. The number of allylic oxidation sites excluding steroid dienone is 2. The Hall–Kier alpha value is -2.44. The molecule has 1 atom stereocenters. The summed E-state index contributed by atoms with van der Waals surface area (Å²) in [6.07, 6.45) is 1.19. The third-order valence-corrected chi connectivity index (χ3v) is 10.4. The molecule has 0 saturated carbocycles. The predicted octanol–water partition coefficient (Wildman–Crippen LogP) is 3.02. The Morgan fingerprint density at radius 1 is 1.11 bits per heavy atom. The van der Waals surface area contributed by atoms with Crippen LogP contribution in [0.4, 0.5) is 4.39 Å². The molecule has 2 aliphatic heterocycles. The second-order valence-electron chi connectivity index (χ2n) is 8.80. The number of hydrogen-bond donors (Lipinski definition) is 1. The minimum absolute atomic E-state index is 0.0920. The highest BCUT2D eigenvalue weighted by Gasteiger charge is 2.45. The second kappa shape index (κ2) is 11.5. The van der Waals surface area contributed by atoms with Gasteiger partial charge < -0.3 is 14.8 Å². The van der Waals surface area contributed by atoms with E-state index in [2.05, 4.69) is 5.32 Å². The quantitative estimate of drug-likeness (QED) is 0.365. The third kappa shape index (κ3) is 6.35. The van der Waals surface area contributed by atoms with Crippen molar-refractivity contribution in [3.8, 4) is 0 Å². The van der Waals surface area contributed by atoms with E-state index in [1.165, 1.54) is 19.1 Å². The van der Waals surface area contributed by atoms with Gasteiger partial charge in [0.05, 0.1) is 39.6 Å². The van der Waals surface area contributed by atoms with Gasteiger partial charge in [-0.15, -0.1) is 0 Å². The summed E-state index contributed by atoms with van der Waals surface area (Å²) in [4.78, 5) is 24.9. The number of esters is 2. The first-order valence-electron chi connectivity index (χ1n) is 11.7. The molecule has 0 fully saturated rings. The molecule has 0 radical (unpaired) electrons. The molecule has 2 aliphatic rings. The average molecular weight is 578 g/mol. The number of nitrogens with one attached hydrogen (secondary N) is 1. The van der Waals surface area contributed by atoms with Gasteiger partial charge in [-0.25, -0.2) is 26.0 Å². The van der Waals surface area contributed by atoms with E-state index < -0.39 is 65.5 Å². The van der Waals surface area contributed by atoms with E-state index in [1.54, 1.807) is 0 Å². The van der Waals surface area contributed by atoms with Gasteiger partial charge in [-0.05, 0) is 31.9 Å². The summed E-state index contributed by atoms with van der Waals surface area (Å²) in [5, 5.41) is 2.59. The Balaban J connectivity index is 2.01. The molecule has 0 bridgehead atoms. The van der Waals surface area contributed by atoms with Gasteiger partial charge in [-0.1, -0.05) is 31.5 Å². The smallest absolute Gasteiger partial charge is 0.336 e. The van der Waals surface area contributed by atoms with E-state index in [-0.39, 0.29) is 46.7 Å². The lowest BCUT2D eigenvalue weighted by Crippen LogP contribution is -2.34. The number of dihydropyridines is 1. The molecular weight excluding hydrogens is 549 g/mol. The van der Waals surface area contributed by atoms with Crippen LogP contribution in [-0.4, -0.2) is 59.2 Å². The Bertz CT molecular complexity index is 1340. The fraction of sp³-hybridized carbons (Fsp3) is 0.500. The molecule has 9 nitrogen and oxygen atoms in total. The lowest BCUT2D eigenvalue weighted by molar-refractivity contribution is -0.153. The highest BCUT2D eigenvalue weighted by atomic mass is 35.5. The van der Waals surface area contributed by atoms with E-state index in [0.717, 1.165) is 6.07 Å². The summed E-state index contributed by atoms with van der Waals surface area (Å²) in [6.45, 7) is 4.58. The van der Waals surface area contributed by atoms with Crippen molar-refractivity contribution in [2.45, 2.75) is 39.5 Å². The van der Waals surface area contributed by atoms with Crippen molar-refractivity contribution in [2.75, 3.05) is 30.5 Å². The zero-order valence-corrected chi connectivity index (χ0v) is 23.1. The summed E-state index contributed by atoms with van der Waals surface area (Å²) in [5.74, 6) is -6.08. The van der Waals surface area contributed by atoms with Gasteiger partial charge in [0, 0.05) is 22.0 Å². The van der Waals surface area contributed by atoms with Gasteiger partial charge >= 0.3 is 11.9 Å². The SMILES string of the molecule is CCC(CC)C(=O)OCCOC(=O)C1=C(C)NC2=C(C1c1c(F)cccc1Cl)S(=O)(=O)CCS(=O)(=O)C2. The fourth-order valence-electron chi connectivity index (χ4n) is 4.42. The van der Waals surface area contributed by atoms with Gasteiger partial charge in [0.2, 0.25) is 0 Å². The maximum absolute atomic E-state index is 15.1. The van der Waals surface area contributed by atoms with Gasteiger partial charge in [0.15, 0.2) is 19.7 Å². The van der Waals surface area contributed by atoms with E-state index in [9.17, 15) is 26.4 Å². The highest BCUT2D eigenvalue weighted by molar-refractivity contribution is 7.98. The first-order valence-corrected chi connectivity index (χ1v) is 15.6. The lowest BCUT2D eigenvalue weighted by Gasteiger charge is -2.31. The molecule has 2 heterocycles. The summed E-state index contributed by atoms with van der Waals surface area (Å²) >= 11 is 6.29. The maximum atomic E-state index is 15.1. The highest BCUT2D eigenvalue weighted by Crippen LogP contribution is 2.45. The van der Waals surface area contributed by atoms with Crippen LogP contribution in [0.5, 0.6) is 0 Å². The van der Waals surface area contributed by atoms with Crippen LogP contribution >= 0.6 is 11.6 Å². The fourth-order valence-corrected chi connectivity index (χ4v) is 8.80. The monoisotopic (exact) mass is 577 g/mol. The average Bonchev–Trinajstić information content (AvgIpc) is 2.89. The number of hydrogen-bond acceptors (Lipinski definition) is 9. The molecule has 0 amide bonds. The minimum atomic E-state index is -4.26. The number of rotatable bonds is 8. The standard InChI is InChI=1S/C24H29ClFNO8S2/c1-4-15(5-2)23(28)34-9-10-35-24(29)19-14(3)27-18-13-36(30,31)11-12-37(32,33)22(18)21(19)20-16(25)7-6-8-17(20)26/h6-8,15,21,27H,4-5,9-13H2,1-3H3. The molecule has 0 spiro atoms. The van der Waals surface area contributed by atoms with Crippen LogP contribution in [0.15, 0.2) is 40.1 Å². The van der Waals surface area contributed by atoms with E-state index >= 15 is 4.39 Å². The largest absolute Gasteiger partial charge is 0.462 e. The molecule has 3 rings (SSSR count). The summed E-state index contributed by atoms with van der Waals surface area (Å²) in [7, 11) is -8.06. The Morgan fingerprint density at radius 2 is 1.76 bits per heavy atom. The first kappa shape index (κ1) is 29.1. The molecule has 0 aliphatic carbocycles. The van der Waals surface area contributed by atoms with Crippen molar-refractivity contribution in [1.82, 2.24) is 5.32 Å². The topological polar surface area (TPSA) is 133 Å². The molecule has 37 heavy (non-hydrogen) atoms. The summed E-state index contributed by atoms with van der Waals surface area (Å²) < 4.78 is 77.1. The second-order valence-corrected chi connectivity index (χ2v) is 13.5. The lowest BCUT2D eigenvalue weighted by atomic mass is 9.86. The molecule has 13 heteroatoms. The predicted molar refractivity (Wildman–Crippen MR) is 135 cm³/mol. The summed E-state index contributed by atoms with van der Waals surface area (Å²) in [6, 6.07) is 3.74. The minimum Gasteiger partial charge on any atom is -0.462 e. The number of carbonyl (C=O) groups excluding carboxylic acids is 2. The number of benzene rings is 1. The third-order valence-electron chi connectivity index (χ3n) is 6.34. The number of ether oxygens (including phenoxy) is 2. The Morgan fingerprint density at radius 3 is 2.38 bits per heavy atom. The van der Waals surface area contributed by atoms with Gasteiger partial charge in [-0.3, -0.25) is 4.79 Å². The van der Waals surface area contributed by atoms with Crippen LogP contribution in [-0.2, 0) is 38.7 Å². The molecule has 0 saturated heterocycles. The van der Waals surface area contributed by atoms with Gasteiger partial charge in [0.25, 0.3) is 0 Å². The van der Waals surface area contributed by atoms with Crippen LogP contribution in [0.2, 0.25) is 5.02 Å². The van der Waals surface area contributed by atoms with Crippen molar-refractivity contribution < 1.29 is 40.3 Å². The van der Waals surface area contributed by atoms with Crippen LogP contribution < -0.4 is 5.32 Å². The molecule has 1 unspecified atom stereocenters. The number of carbonyl (C=O) groups is 2. The van der Waals surface area contributed by atoms with Crippen molar-refractivity contribution in [3.63, 3.8) is 0 Å². The zero-order chi connectivity index (χ0) is 27.5. The summed E-state index contributed by atoms with van der Waals surface area (Å²) in [5.41, 5.74) is -0.586. The van der Waals surface area contributed by atoms with Crippen LogP contribution in [0.3, 0.4) is 0 Å². The molecule has 1 N–H and O–H groups in total. The van der Waals surface area contributed by atoms with E-state index in [4.69, 9.17) is 21.1 Å². The van der Waals surface area contributed by atoms with Crippen LogP contribution in [0, 0.1) is 11.7 Å².